The lowest BCUT2D eigenvalue weighted by Crippen LogP contribution is -2.25. The standard InChI is InChI=1S/C19H24N3O4P/c1-25-17-8-15-16(9-18(17)26-2)21-11-14(10-20)19(15)22-6-3-4-13(5-7-22)12-27(23)24/h8-9,11,13,23-24H,3-7,12H2,1-2H3. The molecule has 1 atom stereocenters. The Labute approximate surface area is 160 Å². The molecule has 27 heavy (non-hydrogen) atoms. The van der Waals surface area contributed by atoms with Gasteiger partial charge in [-0.2, -0.15) is 5.26 Å². The third kappa shape index (κ3) is 4.24. The van der Waals surface area contributed by atoms with E-state index in [-0.39, 0.29) is 0 Å². The van der Waals surface area contributed by atoms with Gasteiger partial charge in [0.1, 0.15) is 6.07 Å². The Kier molecular flexibility index (Phi) is 6.33. The molecule has 2 aromatic rings. The molecule has 3 rings (SSSR count). The van der Waals surface area contributed by atoms with Gasteiger partial charge in [-0.3, -0.25) is 4.98 Å². The zero-order chi connectivity index (χ0) is 19.4. The Morgan fingerprint density at radius 2 is 1.96 bits per heavy atom. The summed E-state index contributed by atoms with van der Waals surface area (Å²) >= 11 is 0. The molecule has 1 aliphatic rings. The summed E-state index contributed by atoms with van der Waals surface area (Å²) in [6.07, 6.45) is 4.82. The quantitative estimate of drug-likeness (QED) is 0.759. The number of hydrogen-bond donors (Lipinski definition) is 2. The maximum absolute atomic E-state index is 9.64. The van der Waals surface area contributed by atoms with Crippen LogP contribution in [0, 0.1) is 17.2 Å². The van der Waals surface area contributed by atoms with Gasteiger partial charge < -0.3 is 24.2 Å². The van der Waals surface area contributed by atoms with Gasteiger partial charge in [-0.25, -0.2) is 0 Å². The summed E-state index contributed by atoms with van der Waals surface area (Å²) in [6, 6.07) is 5.96. The van der Waals surface area contributed by atoms with Crippen LogP contribution in [0.15, 0.2) is 18.3 Å². The van der Waals surface area contributed by atoms with Gasteiger partial charge in [-0.1, -0.05) is 0 Å². The molecule has 1 unspecified atom stereocenters. The molecule has 1 aromatic heterocycles. The lowest BCUT2D eigenvalue weighted by molar-refractivity contribution is 0.356. The van der Waals surface area contributed by atoms with Gasteiger partial charge in [-0.05, 0) is 31.2 Å². The van der Waals surface area contributed by atoms with Crippen LogP contribution in [-0.4, -0.2) is 48.2 Å². The predicted molar refractivity (Wildman–Crippen MR) is 105 cm³/mol. The first-order valence-corrected chi connectivity index (χ1v) is 10.4. The van der Waals surface area contributed by atoms with Crippen LogP contribution in [0.4, 0.5) is 5.69 Å². The zero-order valence-corrected chi connectivity index (χ0v) is 16.4. The van der Waals surface area contributed by atoms with E-state index in [0.717, 1.165) is 48.9 Å². The van der Waals surface area contributed by atoms with Crippen molar-refractivity contribution in [3.8, 4) is 17.6 Å². The molecule has 8 heteroatoms. The van der Waals surface area contributed by atoms with Crippen molar-refractivity contribution in [2.24, 2.45) is 5.92 Å². The highest BCUT2D eigenvalue weighted by Gasteiger charge is 2.23. The fraction of sp³-hybridized carbons (Fsp3) is 0.474. The highest BCUT2D eigenvalue weighted by Crippen LogP contribution is 2.39. The summed E-state index contributed by atoms with van der Waals surface area (Å²) in [7, 11) is 1.31. The Balaban J connectivity index is 2.03. The van der Waals surface area contributed by atoms with E-state index in [4.69, 9.17) is 9.47 Å². The Bertz CT molecular complexity index is 853. The number of anilines is 1. The lowest BCUT2D eigenvalue weighted by atomic mass is 10.0. The highest BCUT2D eigenvalue weighted by molar-refractivity contribution is 7.45. The molecule has 0 amide bonds. The second-order valence-corrected chi connectivity index (χ2v) is 7.81. The second-order valence-electron chi connectivity index (χ2n) is 6.70. The van der Waals surface area contributed by atoms with Gasteiger partial charge in [0.2, 0.25) is 0 Å². The van der Waals surface area contributed by atoms with E-state index in [2.05, 4.69) is 16.0 Å². The molecule has 0 radical (unpaired) electrons. The lowest BCUT2D eigenvalue weighted by Gasteiger charge is -2.26. The van der Waals surface area contributed by atoms with Crippen molar-refractivity contribution in [2.45, 2.75) is 19.3 Å². The summed E-state index contributed by atoms with van der Waals surface area (Å²) in [6.45, 7) is 1.57. The maximum Gasteiger partial charge on any atom is 0.165 e. The van der Waals surface area contributed by atoms with E-state index in [1.807, 2.05) is 12.1 Å². The predicted octanol–water partition coefficient (Wildman–Crippen LogP) is 3.03. The average molecular weight is 389 g/mol. The van der Waals surface area contributed by atoms with Crippen LogP contribution >= 0.6 is 8.38 Å². The van der Waals surface area contributed by atoms with Crippen LogP contribution in [0.1, 0.15) is 24.8 Å². The van der Waals surface area contributed by atoms with Gasteiger partial charge in [-0.15, -0.1) is 0 Å². The third-order valence-electron chi connectivity index (χ3n) is 5.05. The number of benzene rings is 1. The molecule has 1 aliphatic heterocycles. The van der Waals surface area contributed by atoms with Crippen molar-refractivity contribution in [1.82, 2.24) is 4.98 Å². The molecule has 1 fully saturated rings. The first-order valence-electron chi connectivity index (χ1n) is 8.92. The van der Waals surface area contributed by atoms with Gasteiger partial charge in [0, 0.05) is 36.9 Å². The molecule has 0 aliphatic carbocycles. The smallest absolute Gasteiger partial charge is 0.165 e. The number of aromatic nitrogens is 1. The summed E-state index contributed by atoms with van der Waals surface area (Å²) in [5.74, 6) is 1.50. The Morgan fingerprint density at radius 1 is 1.22 bits per heavy atom. The number of methoxy groups -OCH3 is 2. The number of rotatable bonds is 5. The molecular weight excluding hydrogens is 365 g/mol. The minimum atomic E-state index is -1.86. The molecule has 0 bridgehead atoms. The number of hydrogen-bond acceptors (Lipinski definition) is 7. The number of ether oxygens (including phenoxy) is 2. The molecule has 2 N–H and O–H groups in total. The first-order chi connectivity index (χ1) is 13.1. The van der Waals surface area contributed by atoms with Crippen molar-refractivity contribution >= 4 is 25.0 Å². The van der Waals surface area contributed by atoms with Gasteiger partial charge in [0.15, 0.2) is 19.9 Å². The molecule has 1 aromatic carbocycles. The molecular formula is C19H24N3O4P. The number of nitriles is 1. The number of fused-ring (bicyclic) bond motifs is 1. The van der Waals surface area contributed by atoms with Crippen molar-refractivity contribution in [3.63, 3.8) is 0 Å². The Morgan fingerprint density at radius 3 is 2.63 bits per heavy atom. The summed E-state index contributed by atoms with van der Waals surface area (Å²) in [5, 5.41) is 10.5. The van der Waals surface area contributed by atoms with E-state index in [1.165, 1.54) is 0 Å². The Hall–Kier alpha value is -2.13. The van der Waals surface area contributed by atoms with Crippen LogP contribution in [0.5, 0.6) is 11.5 Å². The fourth-order valence-electron chi connectivity index (χ4n) is 3.73. The van der Waals surface area contributed by atoms with Crippen LogP contribution in [0.2, 0.25) is 0 Å². The van der Waals surface area contributed by atoms with Crippen LogP contribution in [-0.2, 0) is 0 Å². The molecule has 1 saturated heterocycles. The SMILES string of the molecule is COc1cc2ncc(C#N)c(N3CCCC(CP(O)O)CC3)c2cc1OC. The topological polar surface area (TPSA) is 98.8 Å². The minimum absolute atomic E-state index is 0.296. The van der Waals surface area contributed by atoms with Gasteiger partial charge in [0.05, 0.1) is 31.0 Å². The first kappa shape index (κ1) is 19.6. The van der Waals surface area contributed by atoms with Crippen LogP contribution < -0.4 is 14.4 Å². The summed E-state index contributed by atoms with van der Waals surface area (Å²) in [4.78, 5) is 25.3. The fourth-order valence-corrected chi connectivity index (χ4v) is 4.56. The van der Waals surface area contributed by atoms with E-state index >= 15 is 0 Å². The van der Waals surface area contributed by atoms with E-state index < -0.39 is 8.38 Å². The molecule has 7 nitrogen and oxygen atoms in total. The highest BCUT2D eigenvalue weighted by atomic mass is 31.2. The van der Waals surface area contributed by atoms with E-state index in [9.17, 15) is 15.0 Å². The number of pyridine rings is 1. The molecule has 2 heterocycles. The van der Waals surface area contributed by atoms with Crippen molar-refractivity contribution < 1.29 is 19.3 Å². The van der Waals surface area contributed by atoms with Crippen molar-refractivity contribution in [3.05, 3.63) is 23.9 Å². The second kappa shape index (κ2) is 8.71. The number of nitrogens with zero attached hydrogens (tertiary/aromatic N) is 3. The zero-order valence-electron chi connectivity index (χ0n) is 15.6. The third-order valence-corrected chi connectivity index (χ3v) is 5.89. The van der Waals surface area contributed by atoms with Gasteiger partial charge in [0.25, 0.3) is 0 Å². The molecule has 0 spiro atoms. The minimum Gasteiger partial charge on any atom is -0.493 e. The van der Waals surface area contributed by atoms with Crippen molar-refractivity contribution in [2.75, 3.05) is 38.4 Å². The maximum atomic E-state index is 9.64. The van der Waals surface area contributed by atoms with Crippen LogP contribution in [0.3, 0.4) is 0 Å². The molecule has 0 saturated carbocycles. The van der Waals surface area contributed by atoms with Crippen LogP contribution in [0.25, 0.3) is 10.9 Å². The molecule has 144 valence electrons. The van der Waals surface area contributed by atoms with Gasteiger partial charge >= 0.3 is 0 Å². The van der Waals surface area contributed by atoms with Crippen molar-refractivity contribution in [1.29, 1.82) is 5.26 Å². The normalized spacial score (nSPS) is 17.6. The van der Waals surface area contributed by atoms with E-state index in [1.54, 1.807) is 20.4 Å². The van der Waals surface area contributed by atoms with E-state index in [0.29, 0.717) is 29.1 Å². The average Bonchev–Trinajstić information content (AvgIpc) is 2.90. The monoisotopic (exact) mass is 389 g/mol. The summed E-state index contributed by atoms with van der Waals surface area (Å²) in [5.41, 5.74) is 2.13. The summed E-state index contributed by atoms with van der Waals surface area (Å²) < 4.78 is 10.8. The largest absolute Gasteiger partial charge is 0.493 e.